The molecule has 1 aromatic rings. The first-order valence-corrected chi connectivity index (χ1v) is 4.20. The van der Waals surface area contributed by atoms with Crippen LogP contribution in [0.1, 0.15) is 12.6 Å². The second-order valence-electron chi connectivity index (χ2n) is 2.84. The van der Waals surface area contributed by atoms with Gasteiger partial charge in [0.1, 0.15) is 0 Å². The van der Waals surface area contributed by atoms with Crippen molar-refractivity contribution in [2.45, 2.75) is 13.5 Å². The minimum atomic E-state index is 0.438. The first-order valence-electron chi connectivity index (χ1n) is 4.20. The number of rotatable bonds is 4. The molecule has 0 aliphatic heterocycles. The van der Waals surface area contributed by atoms with Gasteiger partial charge in [0.25, 0.3) is 0 Å². The average Bonchev–Trinajstić information content (AvgIpc) is 2.50. The summed E-state index contributed by atoms with van der Waals surface area (Å²) < 4.78 is 1.66. The van der Waals surface area contributed by atoms with Crippen molar-refractivity contribution in [1.29, 1.82) is 5.26 Å². The van der Waals surface area contributed by atoms with Gasteiger partial charge in [0.2, 0.25) is 0 Å². The Labute approximate surface area is 77.6 Å². The predicted molar refractivity (Wildman–Crippen MR) is 47.6 cm³/mol. The van der Waals surface area contributed by atoms with Gasteiger partial charge in [-0.2, -0.15) is 5.26 Å². The molecule has 0 amide bonds. The van der Waals surface area contributed by atoms with Crippen LogP contribution < -0.4 is 0 Å². The lowest BCUT2D eigenvalue weighted by Crippen LogP contribution is -2.23. The fraction of sp³-hybridized carbons (Fsp3) is 0.625. The van der Waals surface area contributed by atoms with Gasteiger partial charge in [-0.05, 0) is 6.54 Å². The summed E-state index contributed by atoms with van der Waals surface area (Å²) in [6.45, 7) is 4.00. The van der Waals surface area contributed by atoms with E-state index in [0.29, 0.717) is 13.1 Å². The van der Waals surface area contributed by atoms with Crippen LogP contribution in [-0.4, -0.2) is 33.0 Å². The molecule has 0 saturated heterocycles. The van der Waals surface area contributed by atoms with Crippen molar-refractivity contribution < 1.29 is 0 Å². The normalized spacial score (nSPS) is 10.3. The summed E-state index contributed by atoms with van der Waals surface area (Å²) in [5, 5.41) is 16.3. The standard InChI is InChI=1S/C8H13N5/c1-3-13(5-4-9)7-8-6-12(2)11-10-8/h6H,3,5,7H2,1-2H3. The Kier molecular flexibility index (Phi) is 3.41. The third kappa shape index (κ3) is 2.84. The Morgan fingerprint density at radius 2 is 2.46 bits per heavy atom. The van der Waals surface area contributed by atoms with Crippen LogP contribution in [-0.2, 0) is 13.6 Å². The van der Waals surface area contributed by atoms with Crippen LogP contribution in [0.3, 0.4) is 0 Å². The average molecular weight is 179 g/mol. The number of aryl methyl sites for hydroxylation is 1. The lowest BCUT2D eigenvalue weighted by molar-refractivity contribution is 0.310. The highest BCUT2D eigenvalue weighted by atomic mass is 15.4. The van der Waals surface area contributed by atoms with Crippen molar-refractivity contribution in [3.8, 4) is 6.07 Å². The number of hydrogen-bond acceptors (Lipinski definition) is 4. The van der Waals surface area contributed by atoms with Gasteiger partial charge >= 0.3 is 0 Å². The van der Waals surface area contributed by atoms with Crippen LogP contribution in [0.5, 0.6) is 0 Å². The molecule has 1 heterocycles. The highest BCUT2D eigenvalue weighted by Crippen LogP contribution is 1.98. The van der Waals surface area contributed by atoms with E-state index in [1.165, 1.54) is 0 Å². The van der Waals surface area contributed by atoms with Crippen molar-refractivity contribution in [2.75, 3.05) is 13.1 Å². The Balaban J connectivity index is 2.52. The van der Waals surface area contributed by atoms with E-state index in [4.69, 9.17) is 5.26 Å². The van der Waals surface area contributed by atoms with Crippen LogP contribution >= 0.6 is 0 Å². The van der Waals surface area contributed by atoms with E-state index in [1.54, 1.807) is 4.68 Å². The van der Waals surface area contributed by atoms with E-state index in [9.17, 15) is 0 Å². The van der Waals surface area contributed by atoms with E-state index >= 15 is 0 Å². The molecule has 5 heteroatoms. The first-order chi connectivity index (χ1) is 6.26. The second-order valence-corrected chi connectivity index (χ2v) is 2.84. The fourth-order valence-electron chi connectivity index (χ4n) is 1.08. The Morgan fingerprint density at radius 3 is 2.92 bits per heavy atom. The summed E-state index contributed by atoms with van der Waals surface area (Å²) in [6.07, 6.45) is 1.86. The zero-order valence-electron chi connectivity index (χ0n) is 7.93. The van der Waals surface area contributed by atoms with Crippen LogP contribution in [0, 0.1) is 11.3 Å². The summed E-state index contributed by atoms with van der Waals surface area (Å²) in [5.74, 6) is 0. The van der Waals surface area contributed by atoms with E-state index in [2.05, 4.69) is 16.4 Å². The molecule has 0 atom stereocenters. The lowest BCUT2D eigenvalue weighted by Gasteiger charge is -2.13. The summed E-state index contributed by atoms with van der Waals surface area (Å²) in [4.78, 5) is 2.00. The van der Waals surface area contributed by atoms with Crippen molar-refractivity contribution >= 4 is 0 Å². The van der Waals surface area contributed by atoms with E-state index < -0.39 is 0 Å². The molecular weight excluding hydrogens is 166 g/mol. The molecule has 0 aliphatic rings. The predicted octanol–water partition coefficient (Wildman–Crippen LogP) is 0.161. The summed E-state index contributed by atoms with van der Waals surface area (Å²) in [5.41, 5.74) is 0.902. The molecule has 1 rings (SSSR count). The van der Waals surface area contributed by atoms with Gasteiger partial charge in [-0.1, -0.05) is 12.1 Å². The second kappa shape index (κ2) is 4.58. The summed E-state index contributed by atoms with van der Waals surface area (Å²) >= 11 is 0. The minimum absolute atomic E-state index is 0.438. The first kappa shape index (κ1) is 9.68. The summed E-state index contributed by atoms with van der Waals surface area (Å²) in [6, 6.07) is 2.12. The fourth-order valence-corrected chi connectivity index (χ4v) is 1.08. The highest BCUT2D eigenvalue weighted by molar-refractivity contribution is 4.92. The Hall–Kier alpha value is -1.41. The molecular formula is C8H13N5. The van der Waals surface area contributed by atoms with Gasteiger partial charge in [-0.15, -0.1) is 5.10 Å². The monoisotopic (exact) mass is 179 g/mol. The van der Waals surface area contributed by atoms with Gasteiger partial charge in [-0.25, -0.2) is 0 Å². The van der Waals surface area contributed by atoms with Crippen LogP contribution in [0.15, 0.2) is 6.20 Å². The van der Waals surface area contributed by atoms with Crippen molar-refractivity contribution in [1.82, 2.24) is 19.9 Å². The Morgan fingerprint density at radius 1 is 1.69 bits per heavy atom. The number of hydrogen-bond donors (Lipinski definition) is 0. The van der Waals surface area contributed by atoms with Crippen LogP contribution in [0.2, 0.25) is 0 Å². The van der Waals surface area contributed by atoms with Gasteiger partial charge in [0, 0.05) is 19.8 Å². The highest BCUT2D eigenvalue weighted by Gasteiger charge is 2.05. The van der Waals surface area contributed by atoms with Crippen molar-refractivity contribution in [2.24, 2.45) is 7.05 Å². The largest absolute Gasteiger partial charge is 0.285 e. The molecule has 0 aliphatic carbocycles. The van der Waals surface area contributed by atoms with Gasteiger partial charge in [-0.3, -0.25) is 9.58 Å². The van der Waals surface area contributed by atoms with Crippen molar-refractivity contribution in [3.63, 3.8) is 0 Å². The van der Waals surface area contributed by atoms with Gasteiger partial charge < -0.3 is 0 Å². The number of nitrogens with zero attached hydrogens (tertiary/aromatic N) is 5. The smallest absolute Gasteiger partial charge is 0.0967 e. The third-order valence-electron chi connectivity index (χ3n) is 1.78. The zero-order chi connectivity index (χ0) is 9.68. The maximum atomic E-state index is 8.52. The molecule has 0 spiro atoms. The third-order valence-corrected chi connectivity index (χ3v) is 1.78. The lowest BCUT2D eigenvalue weighted by atomic mass is 10.4. The molecule has 0 N–H and O–H groups in total. The quantitative estimate of drug-likeness (QED) is 0.618. The van der Waals surface area contributed by atoms with E-state index in [-0.39, 0.29) is 0 Å². The molecule has 0 aromatic carbocycles. The Bertz CT molecular complexity index is 298. The SMILES string of the molecule is CCN(CC#N)Cc1cn(C)nn1. The van der Waals surface area contributed by atoms with Crippen LogP contribution in [0.25, 0.3) is 0 Å². The van der Waals surface area contributed by atoms with Gasteiger partial charge in [0.15, 0.2) is 0 Å². The summed E-state index contributed by atoms with van der Waals surface area (Å²) in [7, 11) is 1.83. The zero-order valence-corrected chi connectivity index (χ0v) is 7.93. The molecule has 0 saturated carbocycles. The maximum absolute atomic E-state index is 8.52. The van der Waals surface area contributed by atoms with E-state index in [0.717, 1.165) is 12.2 Å². The number of nitriles is 1. The molecule has 1 aromatic heterocycles. The molecule has 0 fully saturated rings. The van der Waals surface area contributed by atoms with E-state index in [1.807, 2.05) is 25.1 Å². The van der Waals surface area contributed by atoms with Crippen LogP contribution in [0.4, 0.5) is 0 Å². The van der Waals surface area contributed by atoms with Gasteiger partial charge in [0.05, 0.1) is 18.3 Å². The maximum Gasteiger partial charge on any atom is 0.0967 e. The molecule has 0 unspecified atom stereocenters. The molecule has 0 bridgehead atoms. The van der Waals surface area contributed by atoms with Crippen molar-refractivity contribution in [3.05, 3.63) is 11.9 Å². The molecule has 70 valence electrons. The molecule has 5 nitrogen and oxygen atoms in total. The number of aromatic nitrogens is 3. The minimum Gasteiger partial charge on any atom is -0.285 e. The molecule has 0 radical (unpaired) electrons. The topological polar surface area (TPSA) is 57.7 Å². The molecule has 13 heavy (non-hydrogen) atoms.